The van der Waals surface area contributed by atoms with Gasteiger partial charge in [-0.2, -0.15) is 9.97 Å². The first-order valence-corrected chi connectivity index (χ1v) is 14.1. The number of aromatic nitrogens is 2. The molecular weight excluding hydrogens is 526 g/mol. The Morgan fingerprint density at radius 3 is 2.62 bits per heavy atom. The first-order chi connectivity index (χ1) is 19.4. The number of carbonyl (C=O) groups is 1. The van der Waals surface area contributed by atoms with Crippen LogP contribution in [0.5, 0.6) is 11.8 Å². The minimum atomic E-state index is -0.108. The van der Waals surface area contributed by atoms with Crippen LogP contribution in [-0.4, -0.2) is 80.3 Å². The molecule has 0 saturated carbocycles. The molecule has 210 valence electrons. The first-order valence-electron chi connectivity index (χ1n) is 13.3. The highest BCUT2D eigenvalue weighted by Gasteiger charge is 2.24. The number of carbonyl (C=O) groups excluding carboxylic acids is 1. The van der Waals surface area contributed by atoms with Crippen molar-refractivity contribution in [1.82, 2.24) is 19.8 Å². The molecule has 1 aliphatic heterocycles. The third kappa shape index (κ3) is 5.89. The van der Waals surface area contributed by atoms with E-state index in [1.165, 1.54) is 28.7 Å². The van der Waals surface area contributed by atoms with Crippen LogP contribution in [0.25, 0.3) is 22.0 Å². The Balaban J connectivity index is 1.46. The number of morpholine rings is 1. The second-order valence-corrected chi connectivity index (χ2v) is 11.0. The number of ether oxygens (including phenoxy) is 3. The summed E-state index contributed by atoms with van der Waals surface area (Å²) in [5.41, 5.74) is 4.78. The van der Waals surface area contributed by atoms with Crippen molar-refractivity contribution < 1.29 is 19.0 Å². The van der Waals surface area contributed by atoms with Gasteiger partial charge in [-0.05, 0) is 61.3 Å². The van der Waals surface area contributed by atoms with Crippen LogP contribution in [0.1, 0.15) is 33.8 Å². The highest BCUT2D eigenvalue weighted by atomic mass is 32.1. The average Bonchev–Trinajstić information content (AvgIpc) is 3.47. The Labute approximate surface area is 238 Å². The lowest BCUT2D eigenvalue weighted by Crippen LogP contribution is -2.40. The van der Waals surface area contributed by atoms with Gasteiger partial charge in [0.25, 0.3) is 5.91 Å². The molecule has 1 saturated heterocycles. The van der Waals surface area contributed by atoms with Gasteiger partial charge in [-0.15, -0.1) is 11.3 Å². The summed E-state index contributed by atoms with van der Waals surface area (Å²) in [7, 11) is 7.27. The average molecular weight is 562 g/mol. The van der Waals surface area contributed by atoms with Gasteiger partial charge in [0.15, 0.2) is 0 Å². The van der Waals surface area contributed by atoms with Gasteiger partial charge < -0.3 is 29.3 Å². The molecule has 2 aromatic heterocycles. The van der Waals surface area contributed by atoms with Crippen molar-refractivity contribution >= 4 is 34.0 Å². The fourth-order valence-corrected chi connectivity index (χ4v) is 5.80. The fourth-order valence-electron chi connectivity index (χ4n) is 4.89. The minimum Gasteiger partial charge on any atom is -0.496 e. The second-order valence-electron chi connectivity index (χ2n) is 10.0. The standard InChI is InChI=1S/C30H35N5O4S/c1-19(27-14-21(18-40-27)22-9-7-6-8-20(22)17-34(2)3)31-28-23-16-26(37-4)24(15-25(23)32-30(33-28)38-5)29(36)35-10-12-39-13-11-35/h6-9,14-16,18-19H,10-13,17H2,1-5H3,(H,31,32,33). The summed E-state index contributed by atoms with van der Waals surface area (Å²) >= 11 is 1.71. The van der Waals surface area contributed by atoms with Crippen LogP contribution >= 0.6 is 11.3 Å². The summed E-state index contributed by atoms with van der Waals surface area (Å²) < 4.78 is 16.5. The summed E-state index contributed by atoms with van der Waals surface area (Å²) in [5.74, 6) is 0.980. The predicted octanol–water partition coefficient (Wildman–Crippen LogP) is 5.08. The maximum absolute atomic E-state index is 13.3. The zero-order chi connectivity index (χ0) is 28.2. The zero-order valence-corrected chi connectivity index (χ0v) is 24.4. The van der Waals surface area contributed by atoms with Gasteiger partial charge in [0, 0.05) is 29.9 Å². The highest BCUT2D eigenvalue weighted by molar-refractivity contribution is 7.10. The smallest absolute Gasteiger partial charge is 0.318 e. The molecule has 1 atom stereocenters. The lowest BCUT2D eigenvalue weighted by molar-refractivity contribution is 0.0301. The van der Waals surface area contributed by atoms with Crippen molar-refractivity contribution in [1.29, 1.82) is 0 Å². The second kappa shape index (κ2) is 12.2. The van der Waals surface area contributed by atoms with Gasteiger partial charge in [0.1, 0.15) is 11.6 Å². The van der Waals surface area contributed by atoms with E-state index in [4.69, 9.17) is 14.2 Å². The van der Waals surface area contributed by atoms with Crippen LogP contribution in [-0.2, 0) is 11.3 Å². The van der Waals surface area contributed by atoms with Crippen LogP contribution in [0, 0.1) is 0 Å². The van der Waals surface area contributed by atoms with Gasteiger partial charge in [-0.1, -0.05) is 24.3 Å². The number of thiophene rings is 1. The molecular formula is C30H35N5O4S. The third-order valence-corrected chi connectivity index (χ3v) is 8.04. The van der Waals surface area contributed by atoms with Crippen LogP contribution in [0.2, 0.25) is 0 Å². The number of benzene rings is 2. The van der Waals surface area contributed by atoms with Gasteiger partial charge in [0.05, 0.1) is 44.6 Å². The normalized spacial score (nSPS) is 14.4. The number of nitrogens with one attached hydrogen (secondary N) is 1. The Morgan fingerprint density at radius 2 is 1.90 bits per heavy atom. The van der Waals surface area contributed by atoms with Crippen molar-refractivity contribution in [3.8, 4) is 22.9 Å². The predicted molar refractivity (Wildman–Crippen MR) is 159 cm³/mol. The Morgan fingerprint density at radius 1 is 1.12 bits per heavy atom. The summed E-state index contributed by atoms with van der Waals surface area (Å²) in [6.45, 7) is 5.11. The van der Waals surface area contributed by atoms with Gasteiger partial charge in [-0.25, -0.2) is 0 Å². The van der Waals surface area contributed by atoms with E-state index in [2.05, 4.69) is 76.9 Å². The third-order valence-electron chi connectivity index (χ3n) is 6.92. The molecule has 40 heavy (non-hydrogen) atoms. The van der Waals surface area contributed by atoms with E-state index in [1.54, 1.807) is 29.4 Å². The summed E-state index contributed by atoms with van der Waals surface area (Å²) in [4.78, 5) is 27.6. The lowest BCUT2D eigenvalue weighted by atomic mass is 10.0. The number of hydrogen-bond donors (Lipinski definition) is 1. The van der Waals surface area contributed by atoms with E-state index in [-0.39, 0.29) is 18.0 Å². The van der Waals surface area contributed by atoms with E-state index < -0.39 is 0 Å². The number of anilines is 1. The molecule has 1 N–H and O–H groups in total. The first kappa shape index (κ1) is 27.8. The Hall–Kier alpha value is -3.73. The van der Waals surface area contributed by atoms with Crippen molar-refractivity contribution in [3.05, 3.63) is 63.8 Å². The number of rotatable bonds is 9. The fraction of sp³-hybridized carbons (Fsp3) is 0.367. The molecule has 1 amide bonds. The number of amides is 1. The molecule has 1 aliphatic rings. The molecule has 10 heteroatoms. The molecule has 5 rings (SSSR count). The molecule has 0 spiro atoms. The minimum absolute atomic E-state index is 0.0387. The van der Waals surface area contributed by atoms with Crippen molar-refractivity contribution in [2.45, 2.75) is 19.5 Å². The summed E-state index contributed by atoms with van der Waals surface area (Å²) in [6.07, 6.45) is 0. The highest BCUT2D eigenvalue weighted by Crippen LogP contribution is 2.36. The molecule has 1 unspecified atom stereocenters. The Bertz CT molecular complexity index is 1500. The van der Waals surface area contributed by atoms with Gasteiger partial charge in [0.2, 0.25) is 0 Å². The molecule has 0 aliphatic carbocycles. The van der Waals surface area contributed by atoms with Crippen molar-refractivity contribution in [2.24, 2.45) is 0 Å². The van der Waals surface area contributed by atoms with E-state index >= 15 is 0 Å². The van der Waals surface area contributed by atoms with Crippen LogP contribution < -0.4 is 14.8 Å². The van der Waals surface area contributed by atoms with E-state index in [0.29, 0.717) is 49.0 Å². The van der Waals surface area contributed by atoms with Crippen molar-refractivity contribution in [3.63, 3.8) is 0 Å². The maximum Gasteiger partial charge on any atom is 0.318 e. The zero-order valence-electron chi connectivity index (χ0n) is 23.6. The largest absolute Gasteiger partial charge is 0.496 e. The van der Waals surface area contributed by atoms with E-state index in [9.17, 15) is 4.79 Å². The number of methoxy groups -OCH3 is 2. The van der Waals surface area contributed by atoms with Crippen LogP contribution in [0.15, 0.2) is 47.8 Å². The Kier molecular flexibility index (Phi) is 8.49. The van der Waals surface area contributed by atoms with Gasteiger partial charge >= 0.3 is 6.01 Å². The van der Waals surface area contributed by atoms with Gasteiger partial charge in [-0.3, -0.25) is 4.79 Å². The maximum atomic E-state index is 13.3. The number of hydrogen-bond acceptors (Lipinski definition) is 9. The van der Waals surface area contributed by atoms with Crippen LogP contribution in [0.3, 0.4) is 0 Å². The summed E-state index contributed by atoms with van der Waals surface area (Å²) in [5, 5.41) is 6.50. The molecule has 2 aromatic carbocycles. The van der Waals surface area contributed by atoms with E-state index in [1.807, 2.05) is 6.07 Å². The molecule has 4 aromatic rings. The molecule has 1 fully saturated rings. The molecule has 0 bridgehead atoms. The van der Waals surface area contributed by atoms with E-state index in [0.717, 1.165) is 11.9 Å². The molecule has 3 heterocycles. The SMILES string of the molecule is COc1nc(NC(C)c2cc(-c3ccccc3CN(C)C)cs2)c2cc(OC)c(C(=O)N3CCOCC3)cc2n1. The molecule has 0 radical (unpaired) electrons. The molecule has 9 nitrogen and oxygen atoms in total. The van der Waals surface area contributed by atoms with Crippen LogP contribution in [0.4, 0.5) is 5.82 Å². The monoisotopic (exact) mass is 561 g/mol. The lowest BCUT2D eigenvalue weighted by Gasteiger charge is -2.27. The summed E-state index contributed by atoms with van der Waals surface area (Å²) in [6, 6.07) is 14.5. The number of nitrogens with zero attached hydrogens (tertiary/aromatic N) is 4. The van der Waals surface area contributed by atoms with Crippen molar-refractivity contribution in [2.75, 3.05) is 59.9 Å². The topological polar surface area (TPSA) is 89.1 Å². The quantitative estimate of drug-likeness (QED) is 0.303. The number of fused-ring (bicyclic) bond motifs is 1.